The number of rotatable bonds is 4. The largest absolute Gasteiger partial charge is 0.462 e. The molecular weight excluding hydrogens is 372 g/mol. The average molecular weight is 393 g/mol. The molecule has 0 saturated heterocycles. The van der Waals surface area contributed by atoms with Crippen molar-refractivity contribution in [2.45, 2.75) is 13.5 Å². The van der Waals surface area contributed by atoms with Crippen LogP contribution in [0.25, 0.3) is 32.8 Å². The Morgan fingerprint density at radius 2 is 1.82 bits per heavy atom. The van der Waals surface area contributed by atoms with Crippen molar-refractivity contribution in [3.8, 4) is 11.1 Å². The van der Waals surface area contributed by atoms with E-state index in [1.54, 1.807) is 6.92 Å². The molecule has 0 aliphatic carbocycles. The van der Waals surface area contributed by atoms with Gasteiger partial charge < -0.3 is 15.0 Å². The Hall–Kier alpha value is -2.82. The molecule has 1 aromatic heterocycles. The fourth-order valence-corrected chi connectivity index (χ4v) is 4.11. The molecular formula is C23H21ClN2O2. The van der Waals surface area contributed by atoms with Gasteiger partial charge in [0.15, 0.2) is 0 Å². The number of carbonyl (C=O) groups excluding carboxylic acids is 1. The Labute approximate surface area is 168 Å². The summed E-state index contributed by atoms with van der Waals surface area (Å²) in [6.07, 6.45) is 0. The van der Waals surface area contributed by atoms with Gasteiger partial charge in [0.2, 0.25) is 0 Å². The summed E-state index contributed by atoms with van der Waals surface area (Å²) in [6.45, 7) is 2.34. The lowest BCUT2D eigenvalue weighted by atomic mass is 9.96. The SMILES string of the molecule is CCOC(=O)c1c(CN)n(C)c2cc(Cl)c(-c3cccc4ccccc34)cc12. The van der Waals surface area contributed by atoms with Crippen LogP contribution < -0.4 is 5.73 Å². The molecule has 0 atom stereocenters. The summed E-state index contributed by atoms with van der Waals surface area (Å²) in [7, 11) is 1.89. The predicted molar refractivity (Wildman–Crippen MR) is 115 cm³/mol. The van der Waals surface area contributed by atoms with Crippen molar-refractivity contribution >= 4 is 39.2 Å². The van der Waals surface area contributed by atoms with E-state index in [4.69, 9.17) is 22.1 Å². The summed E-state index contributed by atoms with van der Waals surface area (Å²) in [6, 6.07) is 18.2. The quantitative estimate of drug-likeness (QED) is 0.480. The third-order valence-electron chi connectivity index (χ3n) is 5.16. The molecule has 0 fully saturated rings. The maximum Gasteiger partial charge on any atom is 0.340 e. The van der Waals surface area contributed by atoms with Crippen molar-refractivity contribution in [3.63, 3.8) is 0 Å². The number of aromatic nitrogens is 1. The van der Waals surface area contributed by atoms with Crippen molar-refractivity contribution in [2.75, 3.05) is 6.61 Å². The van der Waals surface area contributed by atoms with Crippen molar-refractivity contribution in [1.82, 2.24) is 4.57 Å². The molecule has 3 aromatic carbocycles. The number of carbonyl (C=O) groups is 1. The van der Waals surface area contributed by atoms with Gasteiger partial charge >= 0.3 is 5.97 Å². The summed E-state index contributed by atoms with van der Waals surface area (Å²) < 4.78 is 7.21. The molecule has 5 heteroatoms. The van der Waals surface area contributed by atoms with Crippen molar-refractivity contribution in [2.24, 2.45) is 12.8 Å². The van der Waals surface area contributed by atoms with Gasteiger partial charge in [0.1, 0.15) is 0 Å². The average Bonchev–Trinajstić information content (AvgIpc) is 2.98. The zero-order valence-corrected chi connectivity index (χ0v) is 16.6. The second-order valence-corrected chi connectivity index (χ2v) is 7.09. The van der Waals surface area contributed by atoms with Gasteiger partial charge in [-0.2, -0.15) is 0 Å². The van der Waals surface area contributed by atoms with Gasteiger partial charge in [0.25, 0.3) is 0 Å². The van der Waals surface area contributed by atoms with Gasteiger partial charge in [-0.1, -0.05) is 54.1 Å². The van der Waals surface area contributed by atoms with E-state index in [0.29, 0.717) is 17.2 Å². The number of hydrogen-bond donors (Lipinski definition) is 1. The first-order chi connectivity index (χ1) is 13.6. The molecule has 0 bridgehead atoms. The Morgan fingerprint density at radius 1 is 1.07 bits per heavy atom. The van der Waals surface area contributed by atoms with Crippen molar-refractivity contribution < 1.29 is 9.53 Å². The second kappa shape index (κ2) is 7.30. The number of aryl methyl sites for hydroxylation is 1. The highest BCUT2D eigenvalue weighted by molar-refractivity contribution is 6.35. The maximum atomic E-state index is 12.7. The fourth-order valence-electron chi connectivity index (χ4n) is 3.85. The van der Waals surface area contributed by atoms with Crippen molar-refractivity contribution in [1.29, 1.82) is 0 Å². The lowest BCUT2D eigenvalue weighted by molar-refractivity contribution is 0.0527. The van der Waals surface area contributed by atoms with E-state index in [1.807, 2.05) is 48.0 Å². The molecule has 4 nitrogen and oxygen atoms in total. The molecule has 2 N–H and O–H groups in total. The van der Waals surface area contributed by atoms with Gasteiger partial charge in [-0.15, -0.1) is 0 Å². The number of nitrogens with zero attached hydrogens (tertiary/aromatic N) is 1. The first-order valence-corrected chi connectivity index (χ1v) is 9.60. The number of nitrogens with two attached hydrogens (primary N) is 1. The third kappa shape index (κ3) is 2.86. The summed E-state index contributed by atoms with van der Waals surface area (Å²) in [5.74, 6) is -0.361. The van der Waals surface area contributed by atoms with E-state index in [-0.39, 0.29) is 12.5 Å². The van der Waals surface area contributed by atoms with E-state index in [1.165, 1.54) is 0 Å². The summed E-state index contributed by atoms with van der Waals surface area (Å²) in [5.41, 5.74) is 9.96. The normalized spacial score (nSPS) is 11.3. The van der Waals surface area contributed by atoms with Crippen LogP contribution in [0.5, 0.6) is 0 Å². The molecule has 0 aliphatic rings. The lowest BCUT2D eigenvalue weighted by Gasteiger charge is -2.10. The molecule has 28 heavy (non-hydrogen) atoms. The highest BCUT2D eigenvalue weighted by atomic mass is 35.5. The number of esters is 1. The Balaban J connectivity index is 2.05. The van der Waals surface area contributed by atoms with Gasteiger partial charge in [-0.05, 0) is 35.4 Å². The highest BCUT2D eigenvalue weighted by Crippen LogP contribution is 2.38. The van der Waals surface area contributed by atoms with Crippen molar-refractivity contribution in [3.05, 3.63) is 70.9 Å². The van der Waals surface area contributed by atoms with E-state index < -0.39 is 0 Å². The number of halogens is 1. The molecule has 1 heterocycles. The molecule has 0 saturated carbocycles. The molecule has 4 rings (SSSR count). The van der Waals surface area contributed by atoms with Crippen LogP contribution in [0.15, 0.2) is 54.6 Å². The van der Waals surface area contributed by atoms with Gasteiger partial charge in [-0.3, -0.25) is 0 Å². The monoisotopic (exact) mass is 392 g/mol. The van der Waals surface area contributed by atoms with Crippen LogP contribution in [0.1, 0.15) is 23.0 Å². The molecule has 4 aromatic rings. The van der Waals surface area contributed by atoms with Crippen LogP contribution in [0.3, 0.4) is 0 Å². The first-order valence-electron chi connectivity index (χ1n) is 9.23. The van der Waals surface area contributed by atoms with Crippen LogP contribution in [-0.2, 0) is 18.3 Å². The Bertz CT molecular complexity index is 1210. The molecule has 142 valence electrons. The summed E-state index contributed by atoms with van der Waals surface area (Å²) >= 11 is 6.69. The van der Waals surface area contributed by atoms with Gasteiger partial charge in [0.05, 0.1) is 22.7 Å². The topological polar surface area (TPSA) is 57.2 Å². The molecule has 0 aliphatic heterocycles. The number of ether oxygens (including phenoxy) is 1. The molecule has 0 spiro atoms. The fraction of sp³-hybridized carbons (Fsp3) is 0.174. The zero-order valence-electron chi connectivity index (χ0n) is 15.8. The van der Waals surface area contributed by atoms with Crippen LogP contribution >= 0.6 is 11.6 Å². The van der Waals surface area contributed by atoms with Crippen LogP contribution in [-0.4, -0.2) is 17.1 Å². The summed E-state index contributed by atoms with van der Waals surface area (Å²) in [5, 5.41) is 3.67. The van der Waals surface area contributed by atoms with Gasteiger partial charge in [-0.25, -0.2) is 4.79 Å². The van der Waals surface area contributed by atoms with Gasteiger partial charge in [0, 0.05) is 30.2 Å². The number of hydrogen-bond acceptors (Lipinski definition) is 3. The van der Waals surface area contributed by atoms with Crippen LogP contribution in [0, 0.1) is 0 Å². The predicted octanol–water partition coefficient (Wildman–Crippen LogP) is 5.29. The summed E-state index contributed by atoms with van der Waals surface area (Å²) in [4.78, 5) is 12.7. The minimum atomic E-state index is -0.361. The minimum Gasteiger partial charge on any atom is -0.462 e. The van der Waals surface area contributed by atoms with E-state index in [0.717, 1.165) is 38.5 Å². The first kappa shape index (κ1) is 18.5. The number of benzene rings is 3. The standard InChI is InChI=1S/C23H21ClN2O2/c1-3-28-23(27)22-18-11-17(19(24)12-20(18)26(2)21(22)13-25)16-10-6-8-14-7-4-5-9-15(14)16/h4-12H,3,13,25H2,1-2H3. The molecule has 0 unspecified atom stereocenters. The highest BCUT2D eigenvalue weighted by Gasteiger charge is 2.23. The third-order valence-corrected chi connectivity index (χ3v) is 5.47. The van der Waals surface area contributed by atoms with E-state index in [9.17, 15) is 4.79 Å². The lowest BCUT2D eigenvalue weighted by Crippen LogP contribution is -2.12. The van der Waals surface area contributed by atoms with Crippen LogP contribution in [0.4, 0.5) is 0 Å². The van der Waals surface area contributed by atoms with E-state index in [2.05, 4.69) is 18.2 Å². The zero-order chi connectivity index (χ0) is 19.8. The maximum absolute atomic E-state index is 12.7. The smallest absolute Gasteiger partial charge is 0.340 e. The Kier molecular flexibility index (Phi) is 4.84. The van der Waals surface area contributed by atoms with Crippen LogP contribution in [0.2, 0.25) is 5.02 Å². The molecule has 0 amide bonds. The Morgan fingerprint density at radius 3 is 2.57 bits per heavy atom. The minimum absolute atomic E-state index is 0.237. The molecule has 0 radical (unpaired) electrons. The number of fused-ring (bicyclic) bond motifs is 2. The second-order valence-electron chi connectivity index (χ2n) is 6.68. The van der Waals surface area contributed by atoms with E-state index >= 15 is 0 Å².